The molecular formula is C6H13NO2. The molecular weight excluding hydrogens is 118 g/mol. The maximum Gasteiger partial charge on any atom is 0.108 e. The zero-order valence-electron chi connectivity index (χ0n) is 5.80. The highest BCUT2D eigenvalue weighted by Crippen LogP contribution is 2.16. The van der Waals surface area contributed by atoms with Crippen molar-refractivity contribution in [2.24, 2.45) is 0 Å². The minimum Gasteiger partial charge on any atom is -0.598 e. The molecule has 1 heterocycles. The molecule has 0 aromatic heterocycles. The Bertz CT molecular complexity index is 89.1. The Morgan fingerprint density at radius 2 is 1.78 bits per heavy atom. The van der Waals surface area contributed by atoms with E-state index < -0.39 is 4.81 Å². The molecule has 9 heavy (non-hydrogen) atoms. The van der Waals surface area contributed by atoms with Crippen LogP contribution in [0.1, 0.15) is 19.3 Å². The van der Waals surface area contributed by atoms with E-state index in [9.17, 15) is 5.21 Å². The highest BCUT2D eigenvalue weighted by Gasteiger charge is 2.20. The van der Waals surface area contributed by atoms with E-state index >= 15 is 0 Å². The predicted octanol–water partition coefficient (Wildman–Crippen LogP) is 1.05. The van der Waals surface area contributed by atoms with Crippen molar-refractivity contribution in [2.45, 2.75) is 19.3 Å². The van der Waals surface area contributed by atoms with Crippen molar-refractivity contribution in [3.63, 3.8) is 0 Å². The molecule has 0 aromatic rings. The Balaban J connectivity index is 2.37. The first-order valence-electron chi connectivity index (χ1n) is 3.41. The molecule has 0 bridgehead atoms. The lowest BCUT2D eigenvalue weighted by molar-refractivity contribution is -1.07. The Kier molecular flexibility index (Phi) is 2.05. The Hall–Kier alpha value is -0.120. The molecule has 0 unspecified atom stereocenters. The fraction of sp³-hybridized carbons (Fsp3) is 1.00. The van der Waals surface area contributed by atoms with Crippen molar-refractivity contribution in [2.75, 3.05) is 20.2 Å². The molecule has 1 rings (SSSR count). The monoisotopic (exact) mass is 131 g/mol. The minimum absolute atomic E-state index is 0.431. The van der Waals surface area contributed by atoms with E-state index in [2.05, 4.69) is 0 Å². The normalized spacial score (nSPS) is 26.0. The second-order valence-corrected chi connectivity index (χ2v) is 2.50. The SMILES string of the molecule is CO[N+]1([O-])CCCCC1. The number of nitrogens with zero attached hydrogens (tertiary/aromatic N) is 1. The van der Waals surface area contributed by atoms with Crippen LogP contribution in [0.2, 0.25) is 0 Å². The number of rotatable bonds is 1. The van der Waals surface area contributed by atoms with Gasteiger partial charge in [-0.1, -0.05) is 0 Å². The average Bonchev–Trinajstić information content (AvgIpc) is 1.90. The summed E-state index contributed by atoms with van der Waals surface area (Å²) in [4.78, 5) is 4.33. The van der Waals surface area contributed by atoms with Crippen LogP contribution >= 0.6 is 0 Å². The van der Waals surface area contributed by atoms with Gasteiger partial charge < -0.3 is 5.21 Å². The second-order valence-electron chi connectivity index (χ2n) is 2.50. The van der Waals surface area contributed by atoms with Crippen molar-refractivity contribution >= 4 is 0 Å². The maximum atomic E-state index is 11.2. The van der Waals surface area contributed by atoms with Gasteiger partial charge in [-0.15, -0.1) is 0 Å². The van der Waals surface area contributed by atoms with Crippen LogP contribution in [0.5, 0.6) is 0 Å². The molecule has 1 saturated heterocycles. The number of quaternary nitrogens is 1. The van der Waals surface area contributed by atoms with Gasteiger partial charge in [0.05, 0.1) is 7.11 Å². The number of hydroxylamine groups is 4. The van der Waals surface area contributed by atoms with E-state index in [4.69, 9.17) is 4.84 Å². The maximum absolute atomic E-state index is 11.2. The van der Waals surface area contributed by atoms with Gasteiger partial charge in [0.25, 0.3) is 0 Å². The van der Waals surface area contributed by atoms with Crippen LogP contribution in [0.15, 0.2) is 0 Å². The molecule has 1 aliphatic rings. The topological polar surface area (TPSA) is 32.3 Å². The van der Waals surface area contributed by atoms with Gasteiger partial charge in [-0.2, -0.15) is 0 Å². The first kappa shape index (κ1) is 6.99. The summed E-state index contributed by atoms with van der Waals surface area (Å²) < 4.78 is 0. The average molecular weight is 131 g/mol. The van der Waals surface area contributed by atoms with Gasteiger partial charge in [0, 0.05) is 0 Å². The van der Waals surface area contributed by atoms with Gasteiger partial charge in [-0.25, -0.2) is 9.65 Å². The molecule has 0 aliphatic carbocycles. The summed E-state index contributed by atoms with van der Waals surface area (Å²) in [6.07, 6.45) is 3.21. The third-order valence-electron chi connectivity index (χ3n) is 1.83. The van der Waals surface area contributed by atoms with Crippen LogP contribution < -0.4 is 0 Å². The lowest BCUT2D eigenvalue weighted by Gasteiger charge is -2.40. The largest absolute Gasteiger partial charge is 0.598 e. The quantitative estimate of drug-likeness (QED) is 0.393. The fourth-order valence-corrected chi connectivity index (χ4v) is 1.18. The molecule has 0 saturated carbocycles. The van der Waals surface area contributed by atoms with Crippen molar-refractivity contribution in [3.05, 3.63) is 5.21 Å². The molecule has 54 valence electrons. The molecule has 0 spiro atoms. The van der Waals surface area contributed by atoms with Crippen LogP contribution in [0, 0.1) is 5.21 Å². The lowest BCUT2D eigenvalue weighted by atomic mass is 10.2. The Morgan fingerprint density at radius 3 is 2.11 bits per heavy atom. The molecule has 0 aromatic carbocycles. The molecule has 3 nitrogen and oxygen atoms in total. The van der Waals surface area contributed by atoms with Crippen molar-refractivity contribution in [3.8, 4) is 0 Å². The van der Waals surface area contributed by atoms with Crippen molar-refractivity contribution < 1.29 is 9.65 Å². The fourth-order valence-electron chi connectivity index (χ4n) is 1.18. The third kappa shape index (κ3) is 1.64. The van der Waals surface area contributed by atoms with Crippen LogP contribution in [-0.4, -0.2) is 25.0 Å². The van der Waals surface area contributed by atoms with E-state index in [0.29, 0.717) is 13.1 Å². The number of piperidine rings is 1. The van der Waals surface area contributed by atoms with Crippen molar-refractivity contribution in [1.29, 1.82) is 0 Å². The molecule has 0 radical (unpaired) electrons. The van der Waals surface area contributed by atoms with Gasteiger partial charge in [0.2, 0.25) is 0 Å². The number of hydrogen-bond acceptors (Lipinski definition) is 2. The molecule has 0 amide bonds. The predicted molar refractivity (Wildman–Crippen MR) is 34.2 cm³/mol. The Morgan fingerprint density at radius 1 is 1.22 bits per heavy atom. The smallest absolute Gasteiger partial charge is 0.108 e. The van der Waals surface area contributed by atoms with E-state index in [1.54, 1.807) is 0 Å². The highest BCUT2D eigenvalue weighted by molar-refractivity contribution is 4.48. The van der Waals surface area contributed by atoms with E-state index in [0.717, 1.165) is 12.8 Å². The first-order valence-corrected chi connectivity index (χ1v) is 3.41. The summed E-state index contributed by atoms with van der Waals surface area (Å²) in [5.74, 6) is 0. The zero-order chi connectivity index (χ0) is 6.74. The Labute approximate surface area is 55.3 Å². The second kappa shape index (κ2) is 2.64. The summed E-state index contributed by atoms with van der Waals surface area (Å²) in [6, 6.07) is 0. The van der Waals surface area contributed by atoms with Gasteiger partial charge in [-0.3, -0.25) is 0 Å². The molecule has 0 atom stereocenters. The van der Waals surface area contributed by atoms with E-state index in [-0.39, 0.29) is 0 Å². The summed E-state index contributed by atoms with van der Waals surface area (Å²) in [6.45, 7) is 1.27. The van der Waals surface area contributed by atoms with Gasteiger partial charge >= 0.3 is 0 Å². The minimum atomic E-state index is -0.431. The summed E-state index contributed by atoms with van der Waals surface area (Å²) in [5.41, 5.74) is 0. The lowest BCUT2D eigenvalue weighted by Crippen LogP contribution is -2.44. The van der Waals surface area contributed by atoms with Crippen LogP contribution in [0.25, 0.3) is 0 Å². The van der Waals surface area contributed by atoms with E-state index in [1.807, 2.05) is 0 Å². The van der Waals surface area contributed by atoms with Gasteiger partial charge in [-0.05, 0) is 19.3 Å². The van der Waals surface area contributed by atoms with Crippen LogP contribution in [-0.2, 0) is 4.84 Å². The number of hydrogen-bond donors (Lipinski definition) is 0. The van der Waals surface area contributed by atoms with Gasteiger partial charge in [0.15, 0.2) is 0 Å². The van der Waals surface area contributed by atoms with Crippen LogP contribution in [0.3, 0.4) is 0 Å². The summed E-state index contributed by atoms with van der Waals surface area (Å²) in [5, 5.41) is 11.2. The molecule has 0 N–H and O–H groups in total. The first-order chi connectivity index (χ1) is 4.27. The highest BCUT2D eigenvalue weighted by atomic mass is 16.9. The molecule has 3 heteroatoms. The van der Waals surface area contributed by atoms with Crippen molar-refractivity contribution in [1.82, 2.24) is 0 Å². The van der Waals surface area contributed by atoms with Crippen LogP contribution in [0.4, 0.5) is 0 Å². The van der Waals surface area contributed by atoms with Gasteiger partial charge in [0.1, 0.15) is 13.1 Å². The summed E-state index contributed by atoms with van der Waals surface area (Å²) in [7, 11) is 1.48. The molecule has 1 fully saturated rings. The summed E-state index contributed by atoms with van der Waals surface area (Å²) >= 11 is 0. The standard InChI is InChI=1S/C6H13NO2/c1-9-7(8)5-3-2-4-6-7/h2-6H2,1H3. The third-order valence-corrected chi connectivity index (χ3v) is 1.83. The zero-order valence-corrected chi connectivity index (χ0v) is 5.80. The molecule has 1 aliphatic heterocycles. The van der Waals surface area contributed by atoms with E-state index in [1.165, 1.54) is 13.5 Å².